The zero-order chi connectivity index (χ0) is 15.3. The van der Waals surface area contributed by atoms with Gasteiger partial charge in [0.2, 0.25) is 0 Å². The normalized spacial score (nSPS) is 36.5. The van der Waals surface area contributed by atoms with Crippen LogP contribution in [0.3, 0.4) is 0 Å². The van der Waals surface area contributed by atoms with E-state index in [1.165, 1.54) is 37.7 Å². The molecule has 1 aromatic rings. The molecule has 5 atom stereocenters. The Morgan fingerprint density at radius 1 is 1.14 bits per heavy atom. The fourth-order valence-electron chi connectivity index (χ4n) is 5.11. The first-order chi connectivity index (χ1) is 10.7. The quantitative estimate of drug-likeness (QED) is 0.819. The molecule has 3 fully saturated rings. The minimum Gasteiger partial charge on any atom is -0.381 e. The number of fused-ring (bicyclic) bond motifs is 2. The lowest BCUT2D eigenvalue weighted by atomic mass is 9.72. The molecule has 1 saturated carbocycles. The average Bonchev–Trinajstić information content (AvgIpc) is 3.31. The van der Waals surface area contributed by atoms with Crippen molar-refractivity contribution in [1.82, 2.24) is 4.90 Å². The summed E-state index contributed by atoms with van der Waals surface area (Å²) in [6, 6.07) is 10.0. The molecule has 2 aliphatic heterocycles. The van der Waals surface area contributed by atoms with Gasteiger partial charge in [-0.05, 0) is 68.7 Å². The Morgan fingerprint density at radius 2 is 1.86 bits per heavy atom. The number of halogens is 1. The van der Waals surface area contributed by atoms with Crippen LogP contribution in [-0.2, 0) is 4.74 Å². The number of hydrogen-bond acceptors (Lipinski definition) is 2. The van der Waals surface area contributed by atoms with Crippen LogP contribution in [0.15, 0.2) is 24.3 Å². The van der Waals surface area contributed by atoms with Gasteiger partial charge >= 0.3 is 0 Å². The molecule has 1 unspecified atom stereocenters. The van der Waals surface area contributed by atoms with E-state index in [1.54, 1.807) is 0 Å². The second-order valence-electron chi connectivity index (χ2n) is 7.47. The molecule has 120 valence electrons. The molecular weight excluding hydrogens is 294 g/mol. The highest BCUT2D eigenvalue weighted by Gasteiger charge is 2.51. The molecule has 2 nitrogen and oxygen atoms in total. The molecule has 0 aromatic heterocycles. The van der Waals surface area contributed by atoms with Crippen LogP contribution in [-0.4, -0.2) is 37.2 Å². The van der Waals surface area contributed by atoms with Crippen LogP contribution < -0.4 is 0 Å². The molecule has 3 heteroatoms. The standard InChI is InChI=1S/C19H26ClNO/c1-21-15-9-10-17(21)18(19(22-2)13-3-4-13)16(11-15)12-5-7-14(20)8-6-12/h5-8,13,15-19H,3-4,9-11H2,1-2H3/t15-,16+,17?,18+,19+/m1/s1. The SMILES string of the molecule is CO[C@@H](C1CC1)[C@@H]1C2CC[C@H](C[C@H]1c1ccc(Cl)cc1)N2C. The Labute approximate surface area is 138 Å². The van der Waals surface area contributed by atoms with Gasteiger partial charge < -0.3 is 9.64 Å². The summed E-state index contributed by atoms with van der Waals surface area (Å²) in [5.41, 5.74) is 1.46. The maximum absolute atomic E-state index is 6.10. The summed E-state index contributed by atoms with van der Waals surface area (Å²) in [5, 5.41) is 0.835. The molecule has 0 N–H and O–H groups in total. The molecule has 2 saturated heterocycles. The van der Waals surface area contributed by atoms with E-state index in [1.807, 2.05) is 19.2 Å². The Balaban J connectivity index is 1.69. The summed E-state index contributed by atoms with van der Waals surface area (Å²) in [4.78, 5) is 2.64. The lowest BCUT2D eigenvalue weighted by Gasteiger charge is -2.46. The minimum atomic E-state index is 0.423. The van der Waals surface area contributed by atoms with Crippen molar-refractivity contribution in [3.63, 3.8) is 0 Å². The maximum Gasteiger partial charge on any atom is 0.0648 e. The van der Waals surface area contributed by atoms with E-state index in [0.717, 1.165) is 17.0 Å². The highest BCUT2D eigenvalue weighted by Crippen LogP contribution is 2.52. The van der Waals surface area contributed by atoms with Crippen LogP contribution in [0.5, 0.6) is 0 Å². The highest BCUT2D eigenvalue weighted by molar-refractivity contribution is 6.30. The number of methoxy groups -OCH3 is 1. The summed E-state index contributed by atoms with van der Waals surface area (Å²) in [6.45, 7) is 0. The first-order valence-electron chi connectivity index (χ1n) is 8.69. The molecule has 2 heterocycles. The van der Waals surface area contributed by atoms with E-state index in [9.17, 15) is 0 Å². The summed E-state index contributed by atoms with van der Waals surface area (Å²) in [6.07, 6.45) is 7.08. The van der Waals surface area contributed by atoms with Crippen molar-refractivity contribution in [2.75, 3.05) is 14.2 Å². The third-order valence-electron chi connectivity index (χ3n) is 6.37. The zero-order valence-corrected chi connectivity index (χ0v) is 14.3. The van der Waals surface area contributed by atoms with Crippen molar-refractivity contribution in [3.05, 3.63) is 34.9 Å². The molecular formula is C19H26ClNO. The van der Waals surface area contributed by atoms with Crippen LogP contribution >= 0.6 is 11.6 Å². The predicted octanol–water partition coefficient (Wildman–Crippen LogP) is 4.33. The van der Waals surface area contributed by atoms with E-state index in [0.29, 0.717) is 24.0 Å². The molecule has 0 radical (unpaired) electrons. The fourth-order valence-corrected chi connectivity index (χ4v) is 5.24. The van der Waals surface area contributed by atoms with Gasteiger partial charge in [0.15, 0.2) is 0 Å². The van der Waals surface area contributed by atoms with E-state index < -0.39 is 0 Å². The van der Waals surface area contributed by atoms with Gasteiger partial charge in [-0.25, -0.2) is 0 Å². The summed E-state index contributed by atoms with van der Waals surface area (Å²) >= 11 is 6.10. The van der Waals surface area contributed by atoms with E-state index in [-0.39, 0.29) is 0 Å². The van der Waals surface area contributed by atoms with E-state index >= 15 is 0 Å². The molecule has 3 aliphatic rings. The van der Waals surface area contributed by atoms with Crippen LogP contribution in [0.2, 0.25) is 5.02 Å². The van der Waals surface area contributed by atoms with Gasteiger partial charge in [-0.15, -0.1) is 0 Å². The fraction of sp³-hybridized carbons (Fsp3) is 0.684. The van der Waals surface area contributed by atoms with Gasteiger partial charge in [0.05, 0.1) is 6.10 Å². The third kappa shape index (κ3) is 2.50. The van der Waals surface area contributed by atoms with Crippen LogP contribution in [0.4, 0.5) is 0 Å². The van der Waals surface area contributed by atoms with Gasteiger partial charge in [-0.3, -0.25) is 0 Å². The highest BCUT2D eigenvalue weighted by atomic mass is 35.5. The third-order valence-corrected chi connectivity index (χ3v) is 6.62. The van der Waals surface area contributed by atoms with Crippen LogP contribution in [0.1, 0.15) is 43.6 Å². The van der Waals surface area contributed by atoms with Crippen molar-refractivity contribution in [1.29, 1.82) is 0 Å². The van der Waals surface area contributed by atoms with Crippen molar-refractivity contribution in [2.45, 2.75) is 56.2 Å². The number of ether oxygens (including phenoxy) is 1. The molecule has 2 bridgehead atoms. The van der Waals surface area contributed by atoms with Gasteiger partial charge in [-0.2, -0.15) is 0 Å². The largest absolute Gasteiger partial charge is 0.381 e. The van der Waals surface area contributed by atoms with Crippen LogP contribution in [0.25, 0.3) is 0 Å². The number of piperidine rings is 1. The average molecular weight is 320 g/mol. The van der Waals surface area contributed by atoms with Gasteiger partial charge in [0, 0.05) is 30.1 Å². The lowest BCUT2D eigenvalue weighted by Crippen LogP contribution is -2.51. The second-order valence-corrected chi connectivity index (χ2v) is 7.91. The maximum atomic E-state index is 6.10. The zero-order valence-electron chi connectivity index (χ0n) is 13.5. The summed E-state index contributed by atoms with van der Waals surface area (Å²) < 4.78 is 6.04. The van der Waals surface area contributed by atoms with Gasteiger partial charge in [0.1, 0.15) is 0 Å². The second kappa shape index (κ2) is 5.81. The molecule has 4 rings (SSSR count). The van der Waals surface area contributed by atoms with Crippen molar-refractivity contribution in [2.24, 2.45) is 11.8 Å². The molecule has 0 amide bonds. The summed E-state index contributed by atoms with van der Waals surface area (Å²) in [5.74, 6) is 2.04. The summed E-state index contributed by atoms with van der Waals surface area (Å²) in [7, 11) is 4.25. The van der Waals surface area contributed by atoms with Gasteiger partial charge in [-0.1, -0.05) is 23.7 Å². The number of nitrogens with zero attached hydrogens (tertiary/aromatic N) is 1. The van der Waals surface area contributed by atoms with Crippen molar-refractivity contribution in [3.8, 4) is 0 Å². The smallest absolute Gasteiger partial charge is 0.0648 e. The molecule has 1 aromatic carbocycles. The van der Waals surface area contributed by atoms with Crippen molar-refractivity contribution < 1.29 is 4.74 Å². The first kappa shape index (κ1) is 15.0. The molecule has 1 aliphatic carbocycles. The van der Waals surface area contributed by atoms with E-state index in [4.69, 9.17) is 16.3 Å². The Kier molecular flexibility index (Phi) is 3.96. The topological polar surface area (TPSA) is 12.5 Å². The Morgan fingerprint density at radius 3 is 2.50 bits per heavy atom. The van der Waals surface area contributed by atoms with Gasteiger partial charge in [0.25, 0.3) is 0 Å². The Hall–Kier alpha value is -0.570. The number of hydrogen-bond donors (Lipinski definition) is 0. The van der Waals surface area contributed by atoms with Crippen LogP contribution in [0, 0.1) is 11.8 Å². The minimum absolute atomic E-state index is 0.423. The first-order valence-corrected chi connectivity index (χ1v) is 9.07. The Bertz CT molecular complexity index is 525. The molecule has 22 heavy (non-hydrogen) atoms. The number of rotatable bonds is 4. The predicted molar refractivity (Wildman–Crippen MR) is 90.4 cm³/mol. The monoisotopic (exact) mass is 319 g/mol. The van der Waals surface area contributed by atoms with Crippen molar-refractivity contribution >= 4 is 11.6 Å². The van der Waals surface area contributed by atoms with E-state index in [2.05, 4.69) is 24.1 Å². The lowest BCUT2D eigenvalue weighted by molar-refractivity contribution is -0.0320. The number of benzene rings is 1. The molecule has 0 spiro atoms.